The Labute approximate surface area is 206 Å². The molecule has 2 aliphatic rings. The van der Waals surface area contributed by atoms with E-state index in [1.165, 1.54) is 19.2 Å². The van der Waals surface area contributed by atoms with Gasteiger partial charge in [0.1, 0.15) is 6.04 Å². The molecule has 3 atom stereocenters. The number of hydrogen-bond donors (Lipinski definition) is 1. The highest BCUT2D eigenvalue weighted by molar-refractivity contribution is 6.38. The summed E-state index contributed by atoms with van der Waals surface area (Å²) in [6, 6.07) is 22.2. The number of imide groups is 1. The first kappa shape index (κ1) is 22.6. The van der Waals surface area contributed by atoms with E-state index >= 15 is 0 Å². The maximum Gasteiger partial charge on any atom is 0.323 e. The molecule has 2 fully saturated rings. The first-order valence-corrected chi connectivity index (χ1v) is 11.4. The molecule has 0 aliphatic carbocycles. The maximum absolute atomic E-state index is 14.1. The molecular weight excluding hydrogens is 475 g/mol. The van der Waals surface area contributed by atoms with Gasteiger partial charge in [0.2, 0.25) is 11.8 Å². The normalized spacial score (nSPS) is 23.1. The highest BCUT2D eigenvalue weighted by Crippen LogP contribution is 2.53. The predicted octanol–water partition coefficient (Wildman–Crippen LogP) is 4.19. The summed E-state index contributed by atoms with van der Waals surface area (Å²) in [5.41, 5.74) is 0.599. The van der Waals surface area contributed by atoms with E-state index < -0.39 is 41.2 Å². The Hall–Kier alpha value is -3.19. The fourth-order valence-corrected chi connectivity index (χ4v) is 5.73. The van der Waals surface area contributed by atoms with Crippen LogP contribution >= 0.6 is 23.2 Å². The molecular formula is C26H20Cl2N2O4. The van der Waals surface area contributed by atoms with Crippen molar-refractivity contribution in [2.75, 3.05) is 12.0 Å². The van der Waals surface area contributed by atoms with E-state index in [-0.39, 0.29) is 10.7 Å². The van der Waals surface area contributed by atoms with Crippen LogP contribution in [0, 0.1) is 11.8 Å². The van der Waals surface area contributed by atoms with Crippen LogP contribution in [0.4, 0.5) is 5.69 Å². The van der Waals surface area contributed by atoms with Gasteiger partial charge in [0.15, 0.2) is 0 Å². The fourth-order valence-electron chi connectivity index (χ4n) is 5.23. The molecule has 0 saturated carbocycles. The number of carbonyl (C=O) groups excluding carboxylic acids is 3. The Kier molecular flexibility index (Phi) is 5.68. The molecule has 172 valence electrons. The number of amides is 2. The summed E-state index contributed by atoms with van der Waals surface area (Å²) in [7, 11) is 1.26. The van der Waals surface area contributed by atoms with Crippen molar-refractivity contribution in [3.8, 4) is 0 Å². The molecule has 3 aromatic carbocycles. The highest BCUT2D eigenvalue weighted by atomic mass is 35.5. The largest absolute Gasteiger partial charge is 0.468 e. The van der Waals surface area contributed by atoms with Crippen molar-refractivity contribution in [1.29, 1.82) is 0 Å². The summed E-state index contributed by atoms with van der Waals surface area (Å²) in [5, 5.41) is 3.90. The van der Waals surface area contributed by atoms with Crippen LogP contribution in [0.15, 0.2) is 78.9 Å². The molecule has 1 N–H and O–H groups in total. The van der Waals surface area contributed by atoms with Crippen molar-refractivity contribution in [3.63, 3.8) is 0 Å². The van der Waals surface area contributed by atoms with E-state index in [1.807, 2.05) is 60.7 Å². The molecule has 0 bridgehead atoms. The minimum absolute atomic E-state index is 0.168. The van der Waals surface area contributed by atoms with E-state index in [9.17, 15) is 14.4 Å². The number of ether oxygens (including phenoxy) is 1. The number of rotatable bonds is 4. The zero-order chi connectivity index (χ0) is 24.0. The number of hydrogen-bond acceptors (Lipinski definition) is 5. The van der Waals surface area contributed by atoms with Gasteiger partial charge in [-0.05, 0) is 29.3 Å². The summed E-state index contributed by atoms with van der Waals surface area (Å²) in [6.45, 7) is 0. The van der Waals surface area contributed by atoms with Crippen LogP contribution in [0.5, 0.6) is 0 Å². The average Bonchev–Trinajstić information content (AvgIpc) is 3.35. The fraction of sp³-hybridized carbons (Fsp3) is 0.192. The number of nitrogens with one attached hydrogen (secondary N) is 1. The van der Waals surface area contributed by atoms with Gasteiger partial charge in [-0.1, -0.05) is 83.9 Å². The van der Waals surface area contributed by atoms with Crippen LogP contribution < -0.4 is 10.2 Å². The Morgan fingerprint density at radius 1 is 0.912 bits per heavy atom. The van der Waals surface area contributed by atoms with E-state index in [0.29, 0.717) is 5.02 Å². The number of carbonyl (C=O) groups is 3. The van der Waals surface area contributed by atoms with Gasteiger partial charge in [-0.2, -0.15) is 0 Å². The van der Waals surface area contributed by atoms with Crippen LogP contribution in [0.3, 0.4) is 0 Å². The van der Waals surface area contributed by atoms with Crippen LogP contribution in [-0.4, -0.2) is 30.9 Å². The SMILES string of the molecule is COC(=O)[C@@H]1NC(c2ccccc2)(c2ccccc2)[C@H]2C(=O)N(c3ccc(Cl)cc3Cl)C(=O)[C@@H]12. The standard InChI is InChI=1S/C26H20Cl2N2O4/c1-34-25(33)22-20-21(24(32)30(23(20)31)19-13-12-17(27)14-18(19)28)26(29-22,15-8-4-2-5-9-15)16-10-6-3-7-11-16/h2-14,20-22,29H,1H3/t20-,21-,22-/m1/s1. The molecule has 5 rings (SSSR count). The zero-order valence-electron chi connectivity index (χ0n) is 18.1. The van der Waals surface area contributed by atoms with Crippen LogP contribution in [0.25, 0.3) is 0 Å². The molecule has 2 amide bonds. The maximum atomic E-state index is 14.1. The second kappa shape index (κ2) is 8.55. The quantitative estimate of drug-likeness (QED) is 0.434. The van der Waals surface area contributed by atoms with Gasteiger partial charge in [-0.15, -0.1) is 0 Å². The van der Waals surface area contributed by atoms with Gasteiger partial charge >= 0.3 is 5.97 Å². The lowest BCUT2D eigenvalue weighted by molar-refractivity contribution is -0.145. The minimum atomic E-state index is -1.15. The monoisotopic (exact) mass is 494 g/mol. The van der Waals surface area contributed by atoms with Crippen LogP contribution in [0.2, 0.25) is 10.0 Å². The lowest BCUT2D eigenvalue weighted by Crippen LogP contribution is -2.51. The Morgan fingerprint density at radius 3 is 2.03 bits per heavy atom. The minimum Gasteiger partial charge on any atom is -0.468 e. The summed E-state index contributed by atoms with van der Waals surface area (Å²) >= 11 is 12.4. The molecule has 2 heterocycles. The second-order valence-electron chi connectivity index (χ2n) is 8.30. The Bertz CT molecular complexity index is 1240. The first-order chi connectivity index (χ1) is 16.4. The first-order valence-electron chi connectivity index (χ1n) is 10.7. The molecule has 6 nitrogen and oxygen atoms in total. The zero-order valence-corrected chi connectivity index (χ0v) is 19.6. The number of fused-ring (bicyclic) bond motifs is 1. The number of methoxy groups -OCH3 is 1. The number of benzene rings is 3. The topological polar surface area (TPSA) is 75.7 Å². The molecule has 0 radical (unpaired) electrons. The lowest BCUT2D eigenvalue weighted by atomic mass is 9.72. The molecule has 2 saturated heterocycles. The third kappa shape index (κ3) is 3.25. The number of nitrogens with zero attached hydrogens (tertiary/aromatic N) is 1. The van der Waals surface area contributed by atoms with Crippen molar-refractivity contribution in [2.24, 2.45) is 11.8 Å². The number of esters is 1. The predicted molar refractivity (Wildman–Crippen MR) is 129 cm³/mol. The third-order valence-electron chi connectivity index (χ3n) is 6.62. The summed E-state index contributed by atoms with van der Waals surface area (Å²) in [5.74, 6) is -3.50. The highest BCUT2D eigenvalue weighted by Gasteiger charge is 2.68. The molecule has 34 heavy (non-hydrogen) atoms. The van der Waals surface area contributed by atoms with Gasteiger partial charge in [0.05, 0.1) is 35.2 Å². The van der Waals surface area contributed by atoms with Gasteiger partial charge < -0.3 is 4.74 Å². The Balaban J connectivity index is 1.76. The average molecular weight is 495 g/mol. The molecule has 0 unspecified atom stereocenters. The van der Waals surface area contributed by atoms with E-state index in [1.54, 1.807) is 6.07 Å². The third-order valence-corrected chi connectivity index (χ3v) is 7.16. The van der Waals surface area contributed by atoms with Crippen molar-refractivity contribution in [3.05, 3.63) is 100 Å². The van der Waals surface area contributed by atoms with Crippen molar-refractivity contribution in [1.82, 2.24) is 5.32 Å². The van der Waals surface area contributed by atoms with Crippen molar-refractivity contribution >= 4 is 46.7 Å². The molecule has 3 aromatic rings. The number of anilines is 1. The van der Waals surface area contributed by atoms with Crippen molar-refractivity contribution in [2.45, 2.75) is 11.6 Å². The van der Waals surface area contributed by atoms with Gasteiger partial charge in [-0.25, -0.2) is 4.90 Å². The molecule has 2 aliphatic heterocycles. The van der Waals surface area contributed by atoms with Crippen LogP contribution in [0.1, 0.15) is 11.1 Å². The molecule has 0 aromatic heterocycles. The van der Waals surface area contributed by atoms with Crippen LogP contribution in [-0.2, 0) is 24.7 Å². The van der Waals surface area contributed by atoms with Crippen molar-refractivity contribution < 1.29 is 19.1 Å². The lowest BCUT2D eigenvalue weighted by Gasteiger charge is -2.36. The molecule has 8 heteroatoms. The Morgan fingerprint density at radius 2 is 1.50 bits per heavy atom. The van der Waals surface area contributed by atoms with E-state index in [0.717, 1.165) is 16.0 Å². The van der Waals surface area contributed by atoms with Gasteiger partial charge in [-0.3, -0.25) is 19.7 Å². The summed E-state index contributed by atoms with van der Waals surface area (Å²) in [4.78, 5) is 41.8. The smallest absolute Gasteiger partial charge is 0.323 e. The molecule has 0 spiro atoms. The van der Waals surface area contributed by atoms with Gasteiger partial charge in [0, 0.05) is 5.02 Å². The van der Waals surface area contributed by atoms with Gasteiger partial charge in [0.25, 0.3) is 0 Å². The van der Waals surface area contributed by atoms with E-state index in [4.69, 9.17) is 27.9 Å². The summed E-state index contributed by atoms with van der Waals surface area (Å²) < 4.78 is 5.04. The van der Waals surface area contributed by atoms with E-state index in [2.05, 4.69) is 5.32 Å². The number of halogens is 2. The summed E-state index contributed by atoms with van der Waals surface area (Å²) in [6.07, 6.45) is 0. The second-order valence-corrected chi connectivity index (χ2v) is 9.14.